The van der Waals surface area contributed by atoms with Crippen molar-refractivity contribution in [2.45, 2.75) is 0 Å². The van der Waals surface area contributed by atoms with Gasteiger partial charge in [0.2, 0.25) is 0 Å². The lowest BCUT2D eigenvalue weighted by Gasteiger charge is -2.28. The summed E-state index contributed by atoms with van der Waals surface area (Å²) in [6, 6.07) is 8.08. The summed E-state index contributed by atoms with van der Waals surface area (Å²) >= 11 is 0. The summed E-state index contributed by atoms with van der Waals surface area (Å²) in [6.45, 7) is 3.38. The molecule has 0 radical (unpaired) electrons. The lowest BCUT2D eigenvalue weighted by Crippen LogP contribution is -2.36. The first-order chi connectivity index (χ1) is 10.9. The number of hydrogen-bond donors (Lipinski definition) is 0. The number of morpholine rings is 1. The van der Waals surface area contributed by atoms with Crippen LogP contribution in [0.3, 0.4) is 0 Å². The van der Waals surface area contributed by atoms with E-state index in [-0.39, 0.29) is 0 Å². The maximum absolute atomic E-state index is 5.38. The molecule has 0 atom stereocenters. The fraction of sp³-hybridized carbons (Fsp3) is 0.235. The Balaban J connectivity index is 1.70. The molecule has 0 aromatic carbocycles. The van der Waals surface area contributed by atoms with Gasteiger partial charge in [-0.2, -0.15) is 0 Å². The van der Waals surface area contributed by atoms with E-state index in [4.69, 9.17) is 4.74 Å². The Morgan fingerprint density at radius 2 is 1.86 bits per heavy atom. The highest BCUT2D eigenvalue weighted by atomic mass is 16.5. The molecule has 3 aromatic rings. The zero-order chi connectivity index (χ0) is 14.8. The van der Waals surface area contributed by atoms with E-state index >= 15 is 0 Å². The highest BCUT2D eigenvalue weighted by molar-refractivity contribution is 5.91. The van der Waals surface area contributed by atoms with E-state index < -0.39 is 0 Å². The molecule has 5 heteroatoms. The quantitative estimate of drug-likeness (QED) is 0.726. The molecule has 110 valence electrons. The van der Waals surface area contributed by atoms with Crippen molar-refractivity contribution in [2.24, 2.45) is 0 Å². The van der Waals surface area contributed by atoms with Gasteiger partial charge >= 0.3 is 0 Å². The number of nitrogens with zero attached hydrogens (tertiary/aromatic N) is 4. The molecule has 0 saturated carbocycles. The van der Waals surface area contributed by atoms with E-state index in [1.165, 1.54) is 0 Å². The van der Waals surface area contributed by atoms with E-state index in [0.717, 1.165) is 54.2 Å². The fourth-order valence-corrected chi connectivity index (χ4v) is 2.74. The molecule has 0 N–H and O–H groups in total. The van der Waals surface area contributed by atoms with Gasteiger partial charge in [0.05, 0.1) is 36.3 Å². The molecule has 0 bridgehead atoms. The minimum absolute atomic E-state index is 0.777. The average Bonchev–Trinajstić information content (AvgIpc) is 2.62. The van der Waals surface area contributed by atoms with Gasteiger partial charge in [-0.3, -0.25) is 15.0 Å². The lowest BCUT2D eigenvalue weighted by molar-refractivity contribution is 0.122. The summed E-state index contributed by atoms with van der Waals surface area (Å²) in [7, 11) is 0. The average molecular weight is 292 g/mol. The van der Waals surface area contributed by atoms with Crippen LogP contribution in [0.15, 0.2) is 49.1 Å². The number of anilines is 1. The second-order valence-electron chi connectivity index (χ2n) is 5.26. The molecule has 1 fully saturated rings. The van der Waals surface area contributed by atoms with E-state index in [1.807, 2.05) is 36.8 Å². The molecule has 0 aliphatic carbocycles. The zero-order valence-corrected chi connectivity index (χ0v) is 12.1. The van der Waals surface area contributed by atoms with Crippen LogP contribution in [0.1, 0.15) is 0 Å². The Bertz CT molecular complexity index is 777. The molecule has 5 nitrogen and oxygen atoms in total. The molecule has 0 spiro atoms. The highest BCUT2D eigenvalue weighted by Crippen LogP contribution is 2.25. The van der Waals surface area contributed by atoms with Crippen molar-refractivity contribution < 1.29 is 4.74 Å². The second-order valence-corrected chi connectivity index (χ2v) is 5.26. The molecule has 4 rings (SSSR count). The molecule has 1 aliphatic rings. The highest BCUT2D eigenvalue weighted by Gasteiger charge is 2.12. The van der Waals surface area contributed by atoms with Gasteiger partial charge in [0.15, 0.2) is 0 Å². The fourth-order valence-electron chi connectivity index (χ4n) is 2.74. The smallest absolute Gasteiger partial charge is 0.0826 e. The third kappa shape index (κ3) is 2.40. The van der Waals surface area contributed by atoms with Gasteiger partial charge in [-0.05, 0) is 24.3 Å². The monoisotopic (exact) mass is 292 g/mol. The van der Waals surface area contributed by atoms with Crippen LogP contribution in [0, 0.1) is 0 Å². The van der Waals surface area contributed by atoms with Crippen molar-refractivity contribution in [3.05, 3.63) is 49.1 Å². The van der Waals surface area contributed by atoms with Crippen LogP contribution >= 0.6 is 0 Å². The van der Waals surface area contributed by atoms with Gasteiger partial charge in [-0.1, -0.05) is 0 Å². The van der Waals surface area contributed by atoms with Crippen LogP contribution < -0.4 is 4.90 Å². The van der Waals surface area contributed by atoms with Gasteiger partial charge in [-0.25, -0.2) is 0 Å². The van der Waals surface area contributed by atoms with Crippen LogP contribution in [-0.2, 0) is 4.74 Å². The summed E-state index contributed by atoms with van der Waals surface area (Å²) in [5.74, 6) is 0. The van der Waals surface area contributed by atoms with Gasteiger partial charge < -0.3 is 9.64 Å². The first-order valence-electron chi connectivity index (χ1n) is 7.40. The Labute approximate surface area is 128 Å². The first-order valence-corrected chi connectivity index (χ1v) is 7.40. The number of hydrogen-bond acceptors (Lipinski definition) is 5. The van der Waals surface area contributed by atoms with E-state index in [1.54, 1.807) is 6.20 Å². The van der Waals surface area contributed by atoms with Crippen LogP contribution in [0.5, 0.6) is 0 Å². The topological polar surface area (TPSA) is 51.1 Å². The molecule has 0 unspecified atom stereocenters. The van der Waals surface area contributed by atoms with Crippen LogP contribution in [-0.4, -0.2) is 41.3 Å². The molecule has 4 heterocycles. The minimum Gasteiger partial charge on any atom is -0.378 e. The maximum atomic E-state index is 5.38. The number of fused-ring (bicyclic) bond motifs is 1. The van der Waals surface area contributed by atoms with Crippen LogP contribution in [0.25, 0.3) is 22.2 Å². The molecule has 22 heavy (non-hydrogen) atoms. The summed E-state index contributed by atoms with van der Waals surface area (Å²) in [6.07, 6.45) is 7.37. The standard InChI is InChI=1S/C17H16N4O/c1-2-13-10-18-12-15(17(13)19-5-1)16-4-3-14(11-20-16)21-6-8-22-9-7-21/h1-5,10-12H,6-9H2. The summed E-state index contributed by atoms with van der Waals surface area (Å²) in [5.41, 5.74) is 3.93. The van der Waals surface area contributed by atoms with Crippen molar-refractivity contribution in [3.63, 3.8) is 0 Å². The van der Waals surface area contributed by atoms with E-state index in [9.17, 15) is 0 Å². The Hall–Kier alpha value is -2.53. The normalized spacial score (nSPS) is 15.2. The SMILES string of the molecule is c1cnc2c(-c3ccc(N4CCOCC4)cn3)cncc2c1. The minimum atomic E-state index is 0.777. The van der Waals surface area contributed by atoms with E-state index in [0.29, 0.717) is 0 Å². The van der Waals surface area contributed by atoms with Crippen LogP contribution in [0.4, 0.5) is 5.69 Å². The van der Waals surface area contributed by atoms with Crippen molar-refractivity contribution in [2.75, 3.05) is 31.2 Å². The van der Waals surface area contributed by atoms with Gasteiger partial charge in [0.1, 0.15) is 0 Å². The number of ether oxygens (including phenoxy) is 1. The molecular formula is C17H16N4O. The van der Waals surface area contributed by atoms with Gasteiger partial charge in [0.25, 0.3) is 0 Å². The molecule has 1 aliphatic heterocycles. The predicted octanol–water partition coefficient (Wildman–Crippen LogP) is 2.53. The van der Waals surface area contributed by atoms with Crippen molar-refractivity contribution in [1.29, 1.82) is 0 Å². The first kappa shape index (κ1) is 13.2. The zero-order valence-electron chi connectivity index (χ0n) is 12.1. The Morgan fingerprint density at radius 1 is 0.955 bits per heavy atom. The van der Waals surface area contributed by atoms with Gasteiger partial charge in [-0.15, -0.1) is 0 Å². The predicted molar refractivity (Wildman–Crippen MR) is 85.8 cm³/mol. The summed E-state index contributed by atoms with van der Waals surface area (Å²) in [5, 5.41) is 1.03. The summed E-state index contributed by atoms with van der Waals surface area (Å²) in [4.78, 5) is 15.7. The molecule has 3 aromatic heterocycles. The van der Waals surface area contributed by atoms with Crippen LogP contribution in [0.2, 0.25) is 0 Å². The summed E-state index contributed by atoms with van der Waals surface area (Å²) < 4.78 is 5.38. The number of aromatic nitrogens is 3. The van der Waals surface area contributed by atoms with Crippen molar-refractivity contribution in [1.82, 2.24) is 15.0 Å². The Kier molecular flexibility index (Phi) is 3.40. The third-order valence-electron chi connectivity index (χ3n) is 3.91. The third-order valence-corrected chi connectivity index (χ3v) is 3.91. The van der Waals surface area contributed by atoms with Gasteiger partial charge in [0, 0.05) is 42.6 Å². The lowest BCUT2D eigenvalue weighted by atomic mass is 10.1. The molecule has 0 amide bonds. The molecule has 1 saturated heterocycles. The van der Waals surface area contributed by atoms with Crippen molar-refractivity contribution in [3.8, 4) is 11.3 Å². The molecular weight excluding hydrogens is 276 g/mol. The Morgan fingerprint density at radius 3 is 2.68 bits per heavy atom. The van der Waals surface area contributed by atoms with E-state index in [2.05, 4.69) is 25.9 Å². The second kappa shape index (κ2) is 5.69. The largest absolute Gasteiger partial charge is 0.378 e. The number of rotatable bonds is 2. The maximum Gasteiger partial charge on any atom is 0.0826 e. The van der Waals surface area contributed by atoms with Crippen molar-refractivity contribution >= 4 is 16.6 Å². The number of pyridine rings is 3.